The molecule has 0 bridgehead atoms. The topological polar surface area (TPSA) is 12.9 Å². The Morgan fingerprint density at radius 3 is 2.92 bits per heavy atom. The Hall–Kier alpha value is -0.120. The lowest BCUT2D eigenvalue weighted by Crippen LogP contribution is -1.74. The van der Waals surface area contributed by atoms with Crippen LogP contribution in [0.25, 0.3) is 10.2 Å². The predicted molar refractivity (Wildman–Crippen MR) is 57.1 cm³/mol. The maximum absolute atomic E-state index is 5.97. The summed E-state index contributed by atoms with van der Waals surface area (Å²) in [6.45, 7) is 2.06. The minimum atomic E-state index is 0.720. The average molecular weight is 263 g/mol. The van der Waals surface area contributed by atoms with Crippen LogP contribution in [0, 0.1) is 6.92 Å². The first-order valence-electron chi connectivity index (χ1n) is 3.39. The largest absolute Gasteiger partial charge is 0.227 e. The van der Waals surface area contributed by atoms with E-state index in [2.05, 4.69) is 27.8 Å². The van der Waals surface area contributed by atoms with E-state index in [0.717, 1.165) is 19.2 Å². The van der Waals surface area contributed by atoms with Crippen LogP contribution in [0.2, 0.25) is 5.02 Å². The van der Waals surface area contributed by atoms with E-state index in [4.69, 9.17) is 11.6 Å². The van der Waals surface area contributed by atoms with E-state index in [0.29, 0.717) is 0 Å². The molecule has 0 aliphatic rings. The van der Waals surface area contributed by atoms with E-state index in [1.54, 1.807) is 11.3 Å². The monoisotopic (exact) mass is 261 g/mol. The molecule has 0 aliphatic heterocycles. The van der Waals surface area contributed by atoms with E-state index in [-0.39, 0.29) is 0 Å². The Kier molecular flexibility index (Phi) is 2.10. The van der Waals surface area contributed by atoms with Gasteiger partial charge in [0.2, 0.25) is 0 Å². The number of benzene rings is 1. The highest BCUT2D eigenvalue weighted by atomic mass is 79.9. The number of aryl methyl sites for hydroxylation is 1. The molecule has 0 N–H and O–H groups in total. The van der Waals surface area contributed by atoms with Gasteiger partial charge in [0.05, 0.1) is 9.72 Å². The van der Waals surface area contributed by atoms with Gasteiger partial charge < -0.3 is 0 Å². The minimum absolute atomic E-state index is 0.720. The summed E-state index contributed by atoms with van der Waals surface area (Å²) in [5.41, 5.74) is 2.12. The molecular formula is C8H5BrClNS. The van der Waals surface area contributed by atoms with Crippen molar-refractivity contribution < 1.29 is 0 Å². The van der Waals surface area contributed by atoms with Crippen molar-refractivity contribution in [3.63, 3.8) is 0 Å². The Bertz CT molecular complexity index is 399. The van der Waals surface area contributed by atoms with Crippen molar-refractivity contribution in [1.29, 1.82) is 0 Å². The second-order valence-corrected chi connectivity index (χ2v) is 5.19. The van der Waals surface area contributed by atoms with Crippen LogP contribution in [0.4, 0.5) is 0 Å². The van der Waals surface area contributed by atoms with E-state index < -0.39 is 0 Å². The molecule has 0 fully saturated rings. The van der Waals surface area contributed by atoms with Crippen LogP contribution in [0.1, 0.15) is 5.56 Å². The van der Waals surface area contributed by atoms with Gasteiger partial charge in [0.25, 0.3) is 0 Å². The maximum atomic E-state index is 5.97. The molecule has 0 radical (unpaired) electrons. The Morgan fingerprint density at radius 1 is 1.50 bits per heavy atom. The fraction of sp³-hybridized carbons (Fsp3) is 0.125. The van der Waals surface area contributed by atoms with Gasteiger partial charge in [-0.15, -0.1) is 11.3 Å². The summed E-state index contributed by atoms with van der Waals surface area (Å²) >= 11 is 10.9. The molecule has 0 unspecified atom stereocenters. The van der Waals surface area contributed by atoms with Gasteiger partial charge in [0.15, 0.2) is 3.92 Å². The Balaban J connectivity index is 2.93. The highest BCUT2D eigenvalue weighted by Gasteiger charge is 2.06. The second kappa shape index (κ2) is 2.98. The molecule has 12 heavy (non-hydrogen) atoms. The van der Waals surface area contributed by atoms with Gasteiger partial charge in [-0.3, -0.25) is 0 Å². The van der Waals surface area contributed by atoms with Crippen LogP contribution in [-0.4, -0.2) is 4.98 Å². The van der Waals surface area contributed by atoms with Gasteiger partial charge in [-0.1, -0.05) is 17.7 Å². The molecule has 1 heterocycles. The molecule has 0 aliphatic carbocycles. The number of thiazole rings is 1. The van der Waals surface area contributed by atoms with Crippen molar-refractivity contribution in [1.82, 2.24) is 4.98 Å². The molecule has 1 aromatic carbocycles. The van der Waals surface area contributed by atoms with Gasteiger partial charge in [0, 0.05) is 0 Å². The van der Waals surface area contributed by atoms with Gasteiger partial charge in [-0.25, -0.2) is 4.98 Å². The molecule has 62 valence electrons. The second-order valence-electron chi connectivity index (χ2n) is 2.51. The summed E-state index contributed by atoms with van der Waals surface area (Å²) in [5, 5.41) is 0.720. The first-order valence-corrected chi connectivity index (χ1v) is 5.38. The average Bonchev–Trinajstić information content (AvgIpc) is 2.41. The van der Waals surface area contributed by atoms with Crippen molar-refractivity contribution in [3.05, 3.63) is 26.6 Å². The number of halogens is 2. The first kappa shape index (κ1) is 8.48. The normalized spacial score (nSPS) is 10.9. The zero-order valence-corrected chi connectivity index (χ0v) is 9.42. The highest BCUT2D eigenvalue weighted by molar-refractivity contribution is 9.11. The summed E-state index contributed by atoms with van der Waals surface area (Å²) in [7, 11) is 0. The van der Waals surface area contributed by atoms with Crippen molar-refractivity contribution in [2.45, 2.75) is 6.92 Å². The van der Waals surface area contributed by atoms with Gasteiger partial charge in [-0.05, 0) is 34.5 Å². The molecule has 0 amide bonds. The molecule has 4 heteroatoms. The third-order valence-electron chi connectivity index (χ3n) is 1.67. The Labute approximate surface area is 87.5 Å². The van der Waals surface area contributed by atoms with E-state index in [9.17, 15) is 0 Å². The number of nitrogens with zero attached hydrogens (tertiary/aromatic N) is 1. The fourth-order valence-electron chi connectivity index (χ4n) is 1.08. The third kappa shape index (κ3) is 1.26. The van der Waals surface area contributed by atoms with Crippen molar-refractivity contribution in [2.24, 2.45) is 0 Å². The van der Waals surface area contributed by atoms with Crippen LogP contribution in [-0.2, 0) is 0 Å². The lowest BCUT2D eigenvalue weighted by Gasteiger charge is -1.94. The molecule has 1 nitrogen and oxygen atoms in total. The Morgan fingerprint density at radius 2 is 2.25 bits per heavy atom. The fourth-order valence-corrected chi connectivity index (χ4v) is 2.78. The lowest BCUT2D eigenvalue weighted by molar-refractivity contribution is 1.44. The number of hydrogen-bond donors (Lipinski definition) is 0. The standard InChI is InChI=1S/C8H5BrClNS/c1-4-2-3-5(10)6-7(4)12-8(9)11-6/h2-3H,1H3. The molecule has 0 spiro atoms. The summed E-state index contributed by atoms with van der Waals surface area (Å²) in [5.74, 6) is 0. The molecule has 0 atom stereocenters. The quantitative estimate of drug-likeness (QED) is 0.699. The predicted octanol–water partition coefficient (Wildman–Crippen LogP) is 4.02. The lowest BCUT2D eigenvalue weighted by atomic mass is 10.2. The van der Waals surface area contributed by atoms with Crippen LogP contribution < -0.4 is 0 Å². The smallest absolute Gasteiger partial charge is 0.160 e. The number of fused-ring (bicyclic) bond motifs is 1. The number of hydrogen-bond acceptors (Lipinski definition) is 2. The first-order chi connectivity index (χ1) is 5.68. The molecule has 2 rings (SSSR count). The molecule has 1 aromatic heterocycles. The molecule has 0 saturated carbocycles. The van der Waals surface area contributed by atoms with E-state index in [1.165, 1.54) is 5.56 Å². The van der Waals surface area contributed by atoms with Gasteiger partial charge in [0.1, 0.15) is 5.52 Å². The van der Waals surface area contributed by atoms with Crippen LogP contribution in [0.15, 0.2) is 16.0 Å². The van der Waals surface area contributed by atoms with Crippen molar-refractivity contribution in [3.8, 4) is 0 Å². The minimum Gasteiger partial charge on any atom is -0.227 e. The van der Waals surface area contributed by atoms with Crippen molar-refractivity contribution in [2.75, 3.05) is 0 Å². The van der Waals surface area contributed by atoms with Crippen LogP contribution in [0.3, 0.4) is 0 Å². The van der Waals surface area contributed by atoms with Crippen LogP contribution in [0.5, 0.6) is 0 Å². The zero-order chi connectivity index (χ0) is 8.72. The molecule has 0 saturated heterocycles. The van der Waals surface area contributed by atoms with Crippen LogP contribution >= 0.6 is 38.9 Å². The SMILES string of the molecule is Cc1ccc(Cl)c2nc(Br)sc12. The summed E-state index contributed by atoms with van der Waals surface area (Å²) in [6, 6.07) is 3.89. The molecular weight excluding hydrogens is 258 g/mol. The number of aromatic nitrogens is 1. The summed E-state index contributed by atoms with van der Waals surface area (Å²) < 4.78 is 2.04. The summed E-state index contributed by atoms with van der Waals surface area (Å²) in [4.78, 5) is 4.28. The van der Waals surface area contributed by atoms with Gasteiger partial charge in [-0.2, -0.15) is 0 Å². The maximum Gasteiger partial charge on any atom is 0.160 e. The third-order valence-corrected chi connectivity index (χ3v) is 3.61. The highest BCUT2D eigenvalue weighted by Crippen LogP contribution is 2.32. The van der Waals surface area contributed by atoms with E-state index >= 15 is 0 Å². The molecule has 2 aromatic rings. The number of rotatable bonds is 0. The summed E-state index contributed by atoms with van der Waals surface area (Å²) in [6.07, 6.45) is 0. The van der Waals surface area contributed by atoms with Crippen molar-refractivity contribution >= 4 is 49.1 Å². The zero-order valence-electron chi connectivity index (χ0n) is 6.27. The van der Waals surface area contributed by atoms with E-state index in [1.807, 2.05) is 12.1 Å². The van der Waals surface area contributed by atoms with Gasteiger partial charge >= 0.3 is 0 Å².